The van der Waals surface area contributed by atoms with Gasteiger partial charge in [-0.25, -0.2) is 4.98 Å². The number of aromatic amines is 1. The maximum atomic E-state index is 12.5. The normalized spacial score (nSPS) is 10.6. The van der Waals surface area contributed by atoms with Crippen LogP contribution in [0, 0.1) is 0 Å². The van der Waals surface area contributed by atoms with Gasteiger partial charge in [-0.2, -0.15) is 0 Å². The Bertz CT molecular complexity index is 840. The van der Waals surface area contributed by atoms with Gasteiger partial charge in [0.25, 0.3) is 5.91 Å². The van der Waals surface area contributed by atoms with Crippen LogP contribution in [-0.2, 0) is 0 Å². The maximum absolute atomic E-state index is 12.5. The minimum Gasteiger partial charge on any atom is -0.493 e. The van der Waals surface area contributed by atoms with E-state index in [0.717, 1.165) is 23.9 Å². The fourth-order valence-electron chi connectivity index (χ4n) is 2.45. The van der Waals surface area contributed by atoms with E-state index in [-0.39, 0.29) is 5.91 Å². The molecule has 0 aliphatic rings. The number of ether oxygens (including phenoxy) is 2. The van der Waals surface area contributed by atoms with Gasteiger partial charge < -0.3 is 14.5 Å². The van der Waals surface area contributed by atoms with Crippen molar-refractivity contribution in [1.82, 2.24) is 9.97 Å². The molecular weight excluding hydrogens is 318 g/mol. The van der Waals surface area contributed by atoms with Gasteiger partial charge in [-0.05, 0) is 36.8 Å². The Morgan fingerprint density at radius 1 is 1.20 bits per heavy atom. The Labute approximate surface area is 146 Å². The van der Waals surface area contributed by atoms with Gasteiger partial charge in [0.2, 0.25) is 5.95 Å². The van der Waals surface area contributed by atoms with Crippen LogP contribution in [0.25, 0.3) is 11.0 Å². The molecule has 6 nitrogen and oxygen atoms in total. The average Bonchev–Trinajstić information content (AvgIpc) is 3.04. The number of amides is 1. The van der Waals surface area contributed by atoms with Gasteiger partial charge >= 0.3 is 0 Å². The molecule has 0 atom stereocenters. The predicted molar refractivity (Wildman–Crippen MR) is 97.4 cm³/mol. The van der Waals surface area contributed by atoms with Crippen LogP contribution in [0.3, 0.4) is 0 Å². The van der Waals surface area contributed by atoms with Crippen molar-refractivity contribution in [2.75, 3.05) is 19.0 Å². The highest BCUT2D eigenvalue weighted by molar-refractivity contribution is 6.04. The van der Waals surface area contributed by atoms with Crippen LogP contribution in [-0.4, -0.2) is 29.6 Å². The van der Waals surface area contributed by atoms with Crippen LogP contribution in [0.15, 0.2) is 42.5 Å². The highest BCUT2D eigenvalue weighted by Crippen LogP contribution is 2.28. The first-order valence-electron chi connectivity index (χ1n) is 8.28. The number of methoxy groups -OCH3 is 1. The predicted octanol–water partition coefficient (Wildman–Crippen LogP) is 4.00. The minimum absolute atomic E-state index is 0.266. The highest BCUT2D eigenvalue weighted by atomic mass is 16.5. The van der Waals surface area contributed by atoms with Gasteiger partial charge in [0.05, 0.1) is 24.8 Å². The van der Waals surface area contributed by atoms with E-state index >= 15 is 0 Å². The van der Waals surface area contributed by atoms with Crippen molar-refractivity contribution in [3.8, 4) is 11.5 Å². The van der Waals surface area contributed by atoms with Crippen molar-refractivity contribution in [3.05, 3.63) is 48.0 Å². The number of unbranched alkanes of at least 4 members (excludes halogenated alkanes) is 1. The molecular formula is C19H21N3O3. The number of hydrogen-bond donors (Lipinski definition) is 2. The summed E-state index contributed by atoms with van der Waals surface area (Å²) in [5.74, 6) is 1.32. The van der Waals surface area contributed by atoms with Crippen molar-refractivity contribution in [3.63, 3.8) is 0 Å². The van der Waals surface area contributed by atoms with Gasteiger partial charge in [-0.15, -0.1) is 0 Å². The molecule has 0 saturated heterocycles. The van der Waals surface area contributed by atoms with E-state index in [9.17, 15) is 4.79 Å². The van der Waals surface area contributed by atoms with E-state index < -0.39 is 0 Å². The standard InChI is InChI=1S/C19H21N3O3/c1-3-4-11-25-16-10-9-13(12-17(16)24-2)18(23)22-19-20-14-7-5-6-8-15(14)21-19/h5-10,12H,3-4,11H2,1-2H3,(H2,20,21,22,23). The van der Waals surface area contributed by atoms with Crippen LogP contribution in [0.5, 0.6) is 11.5 Å². The number of rotatable bonds is 7. The van der Waals surface area contributed by atoms with Crippen molar-refractivity contribution in [2.24, 2.45) is 0 Å². The summed E-state index contributed by atoms with van der Waals surface area (Å²) in [5.41, 5.74) is 2.14. The second kappa shape index (κ2) is 7.70. The lowest BCUT2D eigenvalue weighted by Gasteiger charge is -2.11. The first-order chi connectivity index (χ1) is 12.2. The summed E-state index contributed by atoms with van der Waals surface area (Å²) in [7, 11) is 1.56. The monoisotopic (exact) mass is 339 g/mol. The summed E-state index contributed by atoms with van der Waals surface area (Å²) in [6, 6.07) is 12.7. The van der Waals surface area contributed by atoms with Gasteiger partial charge in [0, 0.05) is 5.56 Å². The molecule has 1 heterocycles. The zero-order valence-electron chi connectivity index (χ0n) is 14.3. The number of nitrogens with zero attached hydrogens (tertiary/aromatic N) is 1. The van der Waals surface area contributed by atoms with Gasteiger partial charge in [-0.3, -0.25) is 10.1 Å². The number of carbonyl (C=O) groups excluding carboxylic acids is 1. The fourth-order valence-corrected chi connectivity index (χ4v) is 2.45. The second-order valence-electron chi connectivity index (χ2n) is 5.62. The summed E-state index contributed by atoms with van der Waals surface area (Å²) in [5, 5.41) is 2.77. The van der Waals surface area contributed by atoms with E-state index in [0.29, 0.717) is 29.6 Å². The van der Waals surface area contributed by atoms with Crippen molar-refractivity contribution >= 4 is 22.9 Å². The lowest BCUT2D eigenvalue weighted by Crippen LogP contribution is -2.13. The second-order valence-corrected chi connectivity index (χ2v) is 5.62. The lowest BCUT2D eigenvalue weighted by atomic mass is 10.2. The smallest absolute Gasteiger partial charge is 0.258 e. The largest absolute Gasteiger partial charge is 0.493 e. The third-order valence-electron chi connectivity index (χ3n) is 3.80. The Kier molecular flexibility index (Phi) is 5.18. The Morgan fingerprint density at radius 2 is 2.04 bits per heavy atom. The number of anilines is 1. The molecule has 1 amide bonds. The number of hydrogen-bond acceptors (Lipinski definition) is 4. The molecule has 0 saturated carbocycles. The van der Waals surface area contributed by atoms with E-state index in [2.05, 4.69) is 22.2 Å². The first kappa shape index (κ1) is 16.8. The lowest BCUT2D eigenvalue weighted by molar-refractivity contribution is 0.102. The number of benzene rings is 2. The van der Waals surface area contributed by atoms with Crippen molar-refractivity contribution in [1.29, 1.82) is 0 Å². The van der Waals surface area contributed by atoms with E-state index in [1.54, 1.807) is 25.3 Å². The first-order valence-corrected chi connectivity index (χ1v) is 8.28. The summed E-state index contributed by atoms with van der Waals surface area (Å²) in [4.78, 5) is 19.9. The molecule has 0 bridgehead atoms. The minimum atomic E-state index is -0.266. The van der Waals surface area contributed by atoms with Gasteiger partial charge in [0.15, 0.2) is 11.5 Å². The van der Waals surface area contributed by atoms with Gasteiger partial charge in [-0.1, -0.05) is 25.5 Å². The third-order valence-corrected chi connectivity index (χ3v) is 3.80. The molecule has 0 aliphatic heterocycles. The quantitative estimate of drug-likeness (QED) is 0.638. The summed E-state index contributed by atoms with van der Waals surface area (Å²) in [6.07, 6.45) is 2.03. The zero-order chi connectivity index (χ0) is 17.6. The summed E-state index contributed by atoms with van der Waals surface area (Å²) < 4.78 is 11.0. The van der Waals surface area contributed by atoms with Crippen LogP contribution in [0.4, 0.5) is 5.95 Å². The number of fused-ring (bicyclic) bond motifs is 1. The number of aromatic nitrogens is 2. The summed E-state index contributed by atoms with van der Waals surface area (Å²) >= 11 is 0. The van der Waals surface area contributed by atoms with Crippen molar-refractivity contribution in [2.45, 2.75) is 19.8 Å². The van der Waals surface area contributed by atoms with E-state index in [1.165, 1.54) is 0 Å². The average molecular weight is 339 g/mol. The molecule has 1 aromatic heterocycles. The topological polar surface area (TPSA) is 76.2 Å². The number of carbonyl (C=O) groups is 1. The molecule has 3 aromatic rings. The molecule has 0 unspecified atom stereocenters. The Balaban J connectivity index is 1.74. The Hall–Kier alpha value is -3.02. The summed E-state index contributed by atoms with van der Waals surface area (Å²) in [6.45, 7) is 2.73. The molecule has 6 heteroatoms. The van der Waals surface area contributed by atoms with Crippen LogP contribution >= 0.6 is 0 Å². The molecule has 130 valence electrons. The molecule has 0 aliphatic carbocycles. The number of para-hydroxylation sites is 2. The van der Waals surface area contributed by atoms with Crippen LogP contribution in [0.1, 0.15) is 30.1 Å². The molecule has 0 spiro atoms. The molecule has 2 aromatic carbocycles. The van der Waals surface area contributed by atoms with Crippen LogP contribution in [0.2, 0.25) is 0 Å². The molecule has 0 radical (unpaired) electrons. The number of nitrogens with one attached hydrogen (secondary N) is 2. The fraction of sp³-hybridized carbons (Fsp3) is 0.263. The zero-order valence-corrected chi connectivity index (χ0v) is 14.3. The highest BCUT2D eigenvalue weighted by Gasteiger charge is 2.13. The third kappa shape index (κ3) is 3.91. The molecule has 0 fully saturated rings. The molecule has 2 N–H and O–H groups in total. The van der Waals surface area contributed by atoms with E-state index in [4.69, 9.17) is 9.47 Å². The number of H-pyrrole nitrogens is 1. The van der Waals surface area contributed by atoms with Gasteiger partial charge in [0.1, 0.15) is 0 Å². The molecule has 25 heavy (non-hydrogen) atoms. The van der Waals surface area contributed by atoms with E-state index in [1.807, 2.05) is 24.3 Å². The maximum Gasteiger partial charge on any atom is 0.258 e. The van der Waals surface area contributed by atoms with Crippen molar-refractivity contribution < 1.29 is 14.3 Å². The number of imidazole rings is 1. The molecule has 3 rings (SSSR count). The van der Waals surface area contributed by atoms with Crippen LogP contribution < -0.4 is 14.8 Å². The Morgan fingerprint density at radius 3 is 2.80 bits per heavy atom. The SMILES string of the molecule is CCCCOc1ccc(C(=O)Nc2nc3ccccc3[nH]2)cc1OC.